The van der Waals surface area contributed by atoms with Gasteiger partial charge in [-0.1, -0.05) is 44.0 Å². The quantitative estimate of drug-likeness (QED) is 0.819. The van der Waals surface area contributed by atoms with Crippen molar-refractivity contribution in [2.75, 3.05) is 6.61 Å². The summed E-state index contributed by atoms with van der Waals surface area (Å²) in [5.74, 6) is 0. The minimum absolute atomic E-state index is 0.101. The van der Waals surface area contributed by atoms with E-state index >= 15 is 0 Å². The summed E-state index contributed by atoms with van der Waals surface area (Å²) in [5.41, 5.74) is 2.56. The molecular formula is C15H23NO. The molecule has 1 aliphatic carbocycles. The number of hydrogen-bond donors (Lipinski definition) is 2. The first-order valence-electron chi connectivity index (χ1n) is 6.79. The van der Waals surface area contributed by atoms with Crippen molar-refractivity contribution in [1.29, 1.82) is 0 Å². The largest absolute Gasteiger partial charge is 0.394 e. The summed E-state index contributed by atoms with van der Waals surface area (Å²) in [5, 5.41) is 13.1. The van der Waals surface area contributed by atoms with Crippen molar-refractivity contribution in [1.82, 2.24) is 5.32 Å². The Balaban J connectivity index is 2.00. The lowest BCUT2D eigenvalue weighted by molar-refractivity contribution is 0.233. The number of rotatable bonds is 5. The van der Waals surface area contributed by atoms with Crippen LogP contribution in [0.15, 0.2) is 24.3 Å². The predicted octanol–water partition coefficient (Wildman–Crippen LogP) is 2.81. The Bertz CT molecular complexity index is 327. The molecule has 1 aromatic rings. The van der Waals surface area contributed by atoms with Gasteiger partial charge in [-0.25, -0.2) is 0 Å². The van der Waals surface area contributed by atoms with Crippen LogP contribution in [0.1, 0.15) is 49.8 Å². The zero-order valence-corrected chi connectivity index (χ0v) is 10.7. The van der Waals surface area contributed by atoms with Crippen molar-refractivity contribution in [2.45, 2.75) is 51.1 Å². The van der Waals surface area contributed by atoms with E-state index in [-0.39, 0.29) is 12.6 Å². The van der Waals surface area contributed by atoms with E-state index in [0.717, 1.165) is 6.42 Å². The molecule has 2 nitrogen and oxygen atoms in total. The molecule has 0 aliphatic heterocycles. The molecule has 0 radical (unpaired) electrons. The number of aliphatic hydroxyl groups is 1. The first-order chi connectivity index (χ1) is 8.33. The second kappa shape index (κ2) is 6.18. The SMILES string of the molecule is CCc1ccc(C(CO)NC2CCCC2)cc1. The van der Waals surface area contributed by atoms with E-state index in [9.17, 15) is 5.11 Å². The third kappa shape index (κ3) is 3.30. The van der Waals surface area contributed by atoms with Crippen molar-refractivity contribution < 1.29 is 5.11 Å². The molecule has 94 valence electrons. The predicted molar refractivity (Wildman–Crippen MR) is 71.0 cm³/mol. The van der Waals surface area contributed by atoms with Crippen molar-refractivity contribution in [3.8, 4) is 0 Å². The molecule has 1 unspecified atom stereocenters. The average molecular weight is 233 g/mol. The van der Waals surface area contributed by atoms with Gasteiger partial charge in [-0.15, -0.1) is 0 Å². The minimum atomic E-state index is 0.101. The van der Waals surface area contributed by atoms with Gasteiger partial charge in [0.05, 0.1) is 12.6 Å². The van der Waals surface area contributed by atoms with Gasteiger partial charge in [0.25, 0.3) is 0 Å². The van der Waals surface area contributed by atoms with Crippen LogP contribution < -0.4 is 5.32 Å². The molecule has 0 saturated heterocycles. The topological polar surface area (TPSA) is 32.3 Å². The molecular weight excluding hydrogens is 210 g/mol. The van der Waals surface area contributed by atoms with Gasteiger partial charge in [0.15, 0.2) is 0 Å². The second-order valence-corrected chi connectivity index (χ2v) is 4.98. The highest BCUT2D eigenvalue weighted by molar-refractivity contribution is 5.25. The van der Waals surface area contributed by atoms with E-state index in [1.165, 1.54) is 36.8 Å². The lowest BCUT2D eigenvalue weighted by Gasteiger charge is -2.21. The Morgan fingerprint density at radius 3 is 2.41 bits per heavy atom. The number of aryl methyl sites for hydroxylation is 1. The van der Waals surface area contributed by atoms with Gasteiger partial charge in [0, 0.05) is 6.04 Å². The number of aliphatic hydroxyl groups excluding tert-OH is 1. The average Bonchev–Trinajstić information content (AvgIpc) is 2.89. The van der Waals surface area contributed by atoms with Gasteiger partial charge in [-0.05, 0) is 30.4 Å². The third-order valence-electron chi connectivity index (χ3n) is 3.76. The molecule has 1 saturated carbocycles. The van der Waals surface area contributed by atoms with E-state index < -0.39 is 0 Å². The Kier molecular flexibility index (Phi) is 4.57. The summed E-state index contributed by atoms with van der Waals surface area (Å²) < 4.78 is 0. The van der Waals surface area contributed by atoms with Crippen LogP contribution in [0.4, 0.5) is 0 Å². The minimum Gasteiger partial charge on any atom is -0.394 e. The zero-order valence-electron chi connectivity index (χ0n) is 10.7. The lowest BCUT2D eigenvalue weighted by atomic mass is 10.0. The Morgan fingerprint density at radius 2 is 1.88 bits per heavy atom. The maximum absolute atomic E-state index is 9.50. The summed E-state index contributed by atoms with van der Waals surface area (Å²) in [4.78, 5) is 0. The molecule has 1 aromatic carbocycles. The van der Waals surface area contributed by atoms with E-state index in [2.05, 4.69) is 36.5 Å². The first-order valence-corrected chi connectivity index (χ1v) is 6.79. The maximum atomic E-state index is 9.50. The van der Waals surface area contributed by atoms with Gasteiger partial charge in [0.1, 0.15) is 0 Å². The molecule has 1 aliphatic rings. The normalized spacial score (nSPS) is 18.5. The Hall–Kier alpha value is -0.860. The van der Waals surface area contributed by atoms with E-state index in [1.807, 2.05) is 0 Å². The molecule has 2 N–H and O–H groups in total. The first kappa shape index (κ1) is 12.6. The molecule has 0 aromatic heterocycles. The van der Waals surface area contributed by atoms with Gasteiger partial charge in [0.2, 0.25) is 0 Å². The van der Waals surface area contributed by atoms with Crippen molar-refractivity contribution in [2.24, 2.45) is 0 Å². The smallest absolute Gasteiger partial charge is 0.0626 e. The summed E-state index contributed by atoms with van der Waals surface area (Å²) in [6, 6.07) is 9.30. The fraction of sp³-hybridized carbons (Fsp3) is 0.600. The van der Waals surface area contributed by atoms with E-state index in [0.29, 0.717) is 6.04 Å². The van der Waals surface area contributed by atoms with Crippen LogP contribution in [0, 0.1) is 0 Å². The monoisotopic (exact) mass is 233 g/mol. The van der Waals surface area contributed by atoms with Crippen LogP contribution in [-0.4, -0.2) is 17.8 Å². The standard InChI is InChI=1S/C15H23NO/c1-2-12-7-9-13(10-8-12)15(11-17)16-14-5-3-4-6-14/h7-10,14-17H,2-6,11H2,1H3. The van der Waals surface area contributed by atoms with Crippen LogP contribution in [0.5, 0.6) is 0 Å². The lowest BCUT2D eigenvalue weighted by Crippen LogP contribution is -2.32. The zero-order chi connectivity index (χ0) is 12.1. The van der Waals surface area contributed by atoms with Crippen LogP contribution in [0.25, 0.3) is 0 Å². The molecule has 1 fully saturated rings. The molecule has 0 heterocycles. The molecule has 2 heteroatoms. The van der Waals surface area contributed by atoms with Crippen molar-refractivity contribution >= 4 is 0 Å². The summed E-state index contributed by atoms with van der Waals surface area (Å²) in [6.07, 6.45) is 6.22. The van der Waals surface area contributed by atoms with E-state index in [4.69, 9.17) is 0 Å². The number of nitrogens with one attached hydrogen (secondary N) is 1. The Labute approximate surface area is 104 Å². The fourth-order valence-corrected chi connectivity index (χ4v) is 2.62. The number of hydrogen-bond acceptors (Lipinski definition) is 2. The molecule has 2 rings (SSSR count). The summed E-state index contributed by atoms with van der Waals surface area (Å²) in [6.45, 7) is 2.34. The second-order valence-electron chi connectivity index (χ2n) is 4.98. The molecule has 0 spiro atoms. The van der Waals surface area contributed by atoms with Crippen molar-refractivity contribution in [3.63, 3.8) is 0 Å². The van der Waals surface area contributed by atoms with Gasteiger partial charge in [-0.2, -0.15) is 0 Å². The maximum Gasteiger partial charge on any atom is 0.0626 e. The molecule has 0 amide bonds. The van der Waals surface area contributed by atoms with Gasteiger partial charge in [-0.3, -0.25) is 0 Å². The van der Waals surface area contributed by atoms with Gasteiger partial charge >= 0.3 is 0 Å². The Morgan fingerprint density at radius 1 is 1.24 bits per heavy atom. The summed E-state index contributed by atoms with van der Waals surface area (Å²) in [7, 11) is 0. The van der Waals surface area contributed by atoms with Crippen LogP contribution in [-0.2, 0) is 6.42 Å². The van der Waals surface area contributed by atoms with Crippen LogP contribution >= 0.6 is 0 Å². The highest BCUT2D eigenvalue weighted by Crippen LogP contribution is 2.22. The van der Waals surface area contributed by atoms with Gasteiger partial charge < -0.3 is 10.4 Å². The molecule has 17 heavy (non-hydrogen) atoms. The third-order valence-corrected chi connectivity index (χ3v) is 3.76. The highest BCUT2D eigenvalue weighted by Gasteiger charge is 2.19. The van der Waals surface area contributed by atoms with E-state index in [1.54, 1.807) is 0 Å². The van der Waals surface area contributed by atoms with Crippen LogP contribution in [0.2, 0.25) is 0 Å². The summed E-state index contributed by atoms with van der Waals surface area (Å²) >= 11 is 0. The molecule has 0 bridgehead atoms. The number of benzene rings is 1. The molecule has 1 atom stereocenters. The van der Waals surface area contributed by atoms with Crippen LogP contribution in [0.3, 0.4) is 0 Å². The highest BCUT2D eigenvalue weighted by atomic mass is 16.3. The fourth-order valence-electron chi connectivity index (χ4n) is 2.62. The van der Waals surface area contributed by atoms with Crippen molar-refractivity contribution in [3.05, 3.63) is 35.4 Å².